The molecule has 0 bridgehead atoms. The SMILES string of the molecule is CC1CC(N2CCC[C@H](C3CN(c4ncc(C#N)c(N[C@H](C)c5ccc(Cl)cc5Cl)n4)C3)C2)C1. The number of anilines is 2. The molecule has 3 aliphatic rings. The van der Waals surface area contributed by atoms with Crippen molar-refractivity contribution in [3.8, 4) is 6.07 Å². The van der Waals surface area contributed by atoms with Gasteiger partial charge in [-0.1, -0.05) is 36.2 Å². The summed E-state index contributed by atoms with van der Waals surface area (Å²) < 4.78 is 0. The molecule has 180 valence electrons. The van der Waals surface area contributed by atoms with Gasteiger partial charge in [-0.05, 0) is 74.6 Å². The molecule has 1 N–H and O–H groups in total. The fourth-order valence-corrected chi connectivity index (χ4v) is 6.31. The highest BCUT2D eigenvalue weighted by Gasteiger charge is 2.40. The van der Waals surface area contributed by atoms with Crippen LogP contribution in [0.15, 0.2) is 24.4 Å². The minimum atomic E-state index is -0.133. The third-order valence-corrected chi connectivity index (χ3v) is 8.45. The summed E-state index contributed by atoms with van der Waals surface area (Å²) in [6.45, 7) is 8.86. The lowest BCUT2D eigenvalue weighted by Crippen LogP contribution is -2.56. The van der Waals surface area contributed by atoms with Crippen molar-refractivity contribution < 1.29 is 0 Å². The minimum Gasteiger partial charge on any atom is -0.362 e. The van der Waals surface area contributed by atoms with Crippen LogP contribution in [0.1, 0.15) is 56.7 Å². The molecular weight excluding hydrogens is 467 g/mol. The molecule has 6 nitrogen and oxygen atoms in total. The quantitative estimate of drug-likeness (QED) is 0.544. The number of nitrogens with one attached hydrogen (secondary N) is 1. The van der Waals surface area contributed by atoms with E-state index in [0.717, 1.165) is 36.5 Å². The van der Waals surface area contributed by atoms with E-state index in [0.29, 0.717) is 33.3 Å². The Hall–Kier alpha value is -2.07. The second-order valence-corrected chi connectivity index (χ2v) is 11.2. The van der Waals surface area contributed by atoms with E-state index in [4.69, 9.17) is 28.2 Å². The molecule has 5 rings (SSSR count). The average Bonchev–Trinajstić information content (AvgIpc) is 2.76. The van der Waals surface area contributed by atoms with Crippen molar-refractivity contribution in [1.29, 1.82) is 5.26 Å². The largest absolute Gasteiger partial charge is 0.362 e. The van der Waals surface area contributed by atoms with Gasteiger partial charge in [0.25, 0.3) is 0 Å². The Kier molecular flexibility index (Phi) is 6.88. The van der Waals surface area contributed by atoms with Crippen LogP contribution in [0.25, 0.3) is 0 Å². The maximum Gasteiger partial charge on any atom is 0.227 e. The van der Waals surface area contributed by atoms with Crippen LogP contribution in [0.2, 0.25) is 10.0 Å². The highest BCUT2D eigenvalue weighted by atomic mass is 35.5. The zero-order chi connectivity index (χ0) is 23.8. The molecule has 0 radical (unpaired) electrons. The normalized spacial score (nSPS) is 26.3. The summed E-state index contributed by atoms with van der Waals surface area (Å²) in [4.78, 5) is 14.2. The number of rotatable bonds is 6. The minimum absolute atomic E-state index is 0.133. The Balaban J connectivity index is 1.22. The summed E-state index contributed by atoms with van der Waals surface area (Å²) >= 11 is 12.4. The number of likely N-dealkylation sites (tertiary alicyclic amines) is 1. The van der Waals surface area contributed by atoms with Gasteiger partial charge < -0.3 is 15.1 Å². The van der Waals surface area contributed by atoms with E-state index in [1.807, 2.05) is 19.1 Å². The molecular formula is C26H32Cl2N6. The Morgan fingerprint density at radius 3 is 2.68 bits per heavy atom. The number of hydrogen-bond donors (Lipinski definition) is 1. The standard InChI is InChI=1S/C26H32Cl2N6/c1-16-8-22(9-16)33-7-3-4-18(13-33)20-14-34(15-20)26-30-12-19(11-29)25(32-26)31-17(2)23-6-5-21(27)10-24(23)28/h5-6,10,12,16-18,20,22H,3-4,7-9,13-15H2,1-2H3,(H,30,31,32)/t16?,17-,18+,22?/m1/s1. The number of benzene rings is 1. The molecule has 1 saturated carbocycles. The first-order valence-electron chi connectivity index (χ1n) is 12.4. The number of halogens is 2. The van der Waals surface area contributed by atoms with Crippen LogP contribution in [0.3, 0.4) is 0 Å². The van der Waals surface area contributed by atoms with E-state index in [9.17, 15) is 5.26 Å². The predicted octanol–water partition coefficient (Wildman–Crippen LogP) is 5.77. The Labute approximate surface area is 212 Å². The second kappa shape index (κ2) is 9.89. The molecule has 3 fully saturated rings. The number of piperidine rings is 1. The molecule has 0 spiro atoms. The van der Waals surface area contributed by atoms with Gasteiger partial charge in [0, 0.05) is 35.7 Å². The lowest BCUT2D eigenvalue weighted by atomic mass is 9.76. The number of nitrogens with zero attached hydrogens (tertiary/aromatic N) is 5. The van der Waals surface area contributed by atoms with E-state index < -0.39 is 0 Å². The van der Waals surface area contributed by atoms with Gasteiger partial charge in [0.05, 0.1) is 12.2 Å². The third-order valence-electron chi connectivity index (χ3n) is 7.89. The van der Waals surface area contributed by atoms with Crippen molar-refractivity contribution in [1.82, 2.24) is 14.9 Å². The topological polar surface area (TPSA) is 68.1 Å². The molecule has 8 heteroatoms. The van der Waals surface area contributed by atoms with E-state index >= 15 is 0 Å². The maximum absolute atomic E-state index is 9.59. The van der Waals surface area contributed by atoms with Gasteiger partial charge in [0.1, 0.15) is 17.5 Å². The lowest BCUT2D eigenvalue weighted by Gasteiger charge is -2.50. The highest BCUT2D eigenvalue weighted by Crippen LogP contribution is 2.38. The van der Waals surface area contributed by atoms with Crippen LogP contribution in [-0.4, -0.2) is 47.1 Å². The summed E-state index contributed by atoms with van der Waals surface area (Å²) in [7, 11) is 0. The summed E-state index contributed by atoms with van der Waals surface area (Å²) in [5, 5.41) is 14.1. The van der Waals surface area contributed by atoms with Gasteiger partial charge >= 0.3 is 0 Å². The zero-order valence-electron chi connectivity index (χ0n) is 19.8. The molecule has 34 heavy (non-hydrogen) atoms. The van der Waals surface area contributed by atoms with Gasteiger partial charge in [-0.3, -0.25) is 0 Å². The molecule has 2 atom stereocenters. The molecule has 0 unspecified atom stereocenters. The van der Waals surface area contributed by atoms with E-state index in [-0.39, 0.29) is 6.04 Å². The second-order valence-electron chi connectivity index (χ2n) is 10.4. The first-order valence-corrected chi connectivity index (χ1v) is 13.1. The van der Waals surface area contributed by atoms with Crippen LogP contribution in [0.5, 0.6) is 0 Å². The summed E-state index contributed by atoms with van der Waals surface area (Å²) in [6.07, 6.45) is 7.01. The fraction of sp³-hybridized carbons (Fsp3) is 0.577. The summed E-state index contributed by atoms with van der Waals surface area (Å²) in [5.41, 5.74) is 1.33. The monoisotopic (exact) mass is 498 g/mol. The molecule has 3 heterocycles. The third kappa shape index (κ3) is 4.84. The van der Waals surface area contributed by atoms with Gasteiger partial charge in [0.15, 0.2) is 0 Å². The van der Waals surface area contributed by atoms with Crippen molar-refractivity contribution in [2.24, 2.45) is 17.8 Å². The molecule has 0 amide bonds. The van der Waals surface area contributed by atoms with Crippen LogP contribution >= 0.6 is 23.2 Å². The van der Waals surface area contributed by atoms with Gasteiger partial charge in [-0.15, -0.1) is 0 Å². The first-order chi connectivity index (χ1) is 16.4. The Morgan fingerprint density at radius 2 is 1.97 bits per heavy atom. The fourth-order valence-electron chi connectivity index (χ4n) is 5.74. The molecule has 1 aliphatic carbocycles. The van der Waals surface area contributed by atoms with Crippen molar-refractivity contribution in [2.75, 3.05) is 36.4 Å². The van der Waals surface area contributed by atoms with Crippen LogP contribution in [-0.2, 0) is 0 Å². The van der Waals surface area contributed by atoms with Gasteiger partial charge in [0.2, 0.25) is 5.95 Å². The van der Waals surface area contributed by atoms with Crippen LogP contribution < -0.4 is 10.2 Å². The molecule has 1 aromatic heterocycles. The van der Waals surface area contributed by atoms with Crippen molar-refractivity contribution in [2.45, 2.75) is 51.6 Å². The van der Waals surface area contributed by atoms with Crippen molar-refractivity contribution in [3.05, 3.63) is 45.6 Å². The summed E-state index contributed by atoms with van der Waals surface area (Å²) in [6, 6.07) is 8.33. The molecule has 2 aromatic rings. The predicted molar refractivity (Wildman–Crippen MR) is 137 cm³/mol. The van der Waals surface area contributed by atoms with Gasteiger partial charge in [-0.25, -0.2) is 4.98 Å². The molecule has 1 aromatic carbocycles. The Bertz CT molecular complexity index is 1070. The van der Waals surface area contributed by atoms with Gasteiger partial charge in [-0.2, -0.15) is 10.2 Å². The van der Waals surface area contributed by atoms with Crippen molar-refractivity contribution >= 4 is 35.0 Å². The molecule has 2 aliphatic heterocycles. The summed E-state index contributed by atoms with van der Waals surface area (Å²) in [5.74, 6) is 3.59. The first kappa shape index (κ1) is 23.7. The number of nitriles is 1. The number of hydrogen-bond acceptors (Lipinski definition) is 6. The highest BCUT2D eigenvalue weighted by molar-refractivity contribution is 6.35. The zero-order valence-corrected chi connectivity index (χ0v) is 21.4. The average molecular weight is 499 g/mol. The van der Waals surface area contributed by atoms with Crippen molar-refractivity contribution in [3.63, 3.8) is 0 Å². The molecule has 2 saturated heterocycles. The number of aromatic nitrogens is 2. The van der Waals surface area contributed by atoms with Crippen LogP contribution in [0, 0.1) is 29.1 Å². The van der Waals surface area contributed by atoms with Crippen LogP contribution in [0.4, 0.5) is 11.8 Å². The lowest BCUT2D eigenvalue weighted by molar-refractivity contribution is 0.0294. The Morgan fingerprint density at radius 1 is 1.18 bits per heavy atom. The van der Waals surface area contributed by atoms with E-state index in [1.54, 1.807) is 12.3 Å². The maximum atomic E-state index is 9.59. The van der Waals surface area contributed by atoms with E-state index in [1.165, 1.54) is 38.8 Å². The smallest absolute Gasteiger partial charge is 0.227 e. The van der Waals surface area contributed by atoms with E-state index in [2.05, 4.69) is 33.1 Å².